The van der Waals surface area contributed by atoms with Crippen molar-refractivity contribution in [1.82, 2.24) is 4.90 Å². The summed E-state index contributed by atoms with van der Waals surface area (Å²) in [6.45, 7) is 5.45. The molecule has 2 aromatic rings. The molecule has 1 fully saturated rings. The fourth-order valence-electron chi connectivity index (χ4n) is 4.02. The lowest BCUT2D eigenvalue weighted by molar-refractivity contribution is 0.0576. The first-order valence-corrected chi connectivity index (χ1v) is 8.17. The van der Waals surface area contributed by atoms with Crippen molar-refractivity contribution >= 4 is 10.8 Å². The molecule has 0 radical (unpaired) electrons. The van der Waals surface area contributed by atoms with Crippen LogP contribution < -0.4 is 5.73 Å². The predicted molar refractivity (Wildman–Crippen MR) is 90.4 cm³/mol. The van der Waals surface area contributed by atoms with E-state index in [9.17, 15) is 0 Å². The fourth-order valence-corrected chi connectivity index (χ4v) is 4.02. The lowest BCUT2D eigenvalue weighted by Crippen LogP contribution is -2.49. The first kappa shape index (κ1) is 14.6. The summed E-state index contributed by atoms with van der Waals surface area (Å²) in [5.74, 6) is 0. The van der Waals surface area contributed by atoms with Crippen molar-refractivity contribution in [2.24, 2.45) is 5.73 Å². The second kappa shape index (κ2) is 6.17. The Kier molecular flexibility index (Phi) is 4.27. The van der Waals surface area contributed by atoms with E-state index in [0.29, 0.717) is 18.1 Å². The molecular formula is C19H26N2. The molecule has 1 saturated heterocycles. The molecule has 112 valence electrons. The molecule has 2 heteroatoms. The Morgan fingerprint density at radius 3 is 2.71 bits per heavy atom. The zero-order valence-electron chi connectivity index (χ0n) is 13.1. The Labute approximate surface area is 127 Å². The number of fused-ring (bicyclic) bond motifs is 1. The zero-order valence-corrected chi connectivity index (χ0v) is 13.1. The summed E-state index contributed by atoms with van der Waals surface area (Å²) in [4.78, 5) is 2.64. The van der Waals surface area contributed by atoms with Gasteiger partial charge in [0.25, 0.3) is 0 Å². The Morgan fingerprint density at radius 1 is 1.14 bits per heavy atom. The SMILES string of the molecule is CC1CCCC(CN)N1C(C)c1cccc2ccccc12. The Balaban J connectivity index is 2.00. The average Bonchev–Trinajstić information content (AvgIpc) is 2.53. The number of rotatable bonds is 3. The number of nitrogens with two attached hydrogens (primary N) is 1. The molecule has 3 rings (SSSR count). The number of benzene rings is 2. The van der Waals surface area contributed by atoms with Gasteiger partial charge in [0.1, 0.15) is 0 Å². The third-order valence-electron chi connectivity index (χ3n) is 5.08. The molecule has 21 heavy (non-hydrogen) atoms. The van der Waals surface area contributed by atoms with Gasteiger partial charge < -0.3 is 5.73 Å². The van der Waals surface area contributed by atoms with Gasteiger partial charge in [0, 0.05) is 24.7 Å². The number of likely N-dealkylation sites (tertiary alicyclic amines) is 1. The van der Waals surface area contributed by atoms with Crippen LogP contribution in [0.3, 0.4) is 0 Å². The van der Waals surface area contributed by atoms with Crippen molar-refractivity contribution in [3.63, 3.8) is 0 Å². The lowest BCUT2D eigenvalue weighted by Gasteiger charge is -2.44. The second-order valence-electron chi connectivity index (χ2n) is 6.36. The molecule has 0 amide bonds. The van der Waals surface area contributed by atoms with E-state index in [-0.39, 0.29) is 0 Å². The van der Waals surface area contributed by atoms with Gasteiger partial charge in [-0.05, 0) is 43.0 Å². The van der Waals surface area contributed by atoms with Gasteiger partial charge >= 0.3 is 0 Å². The Bertz CT molecular complexity index is 602. The highest BCUT2D eigenvalue weighted by atomic mass is 15.2. The van der Waals surface area contributed by atoms with E-state index in [1.54, 1.807) is 0 Å². The molecule has 2 N–H and O–H groups in total. The minimum atomic E-state index is 0.417. The maximum atomic E-state index is 6.04. The van der Waals surface area contributed by atoms with Crippen LogP contribution in [-0.4, -0.2) is 23.5 Å². The highest BCUT2D eigenvalue weighted by Gasteiger charge is 2.31. The maximum absolute atomic E-state index is 6.04. The molecule has 0 aliphatic carbocycles. The molecule has 0 aromatic heterocycles. The van der Waals surface area contributed by atoms with Crippen molar-refractivity contribution in [2.45, 2.75) is 51.2 Å². The van der Waals surface area contributed by atoms with Crippen LogP contribution in [0.4, 0.5) is 0 Å². The monoisotopic (exact) mass is 282 g/mol. The van der Waals surface area contributed by atoms with E-state index in [4.69, 9.17) is 5.73 Å². The van der Waals surface area contributed by atoms with Crippen molar-refractivity contribution in [3.05, 3.63) is 48.0 Å². The number of nitrogens with zero attached hydrogens (tertiary/aromatic N) is 1. The third kappa shape index (κ3) is 2.70. The van der Waals surface area contributed by atoms with Crippen LogP contribution in [-0.2, 0) is 0 Å². The summed E-state index contributed by atoms with van der Waals surface area (Å²) in [6.07, 6.45) is 3.82. The third-order valence-corrected chi connectivity index (χ3v) is 5.08. The van der Waals surface area contributed by atoms with E-state index in [1.807, 2.05) is 0 Å². The van der Waals surface area contributed by atoms with Gasteiger partial charge in [-0.3, -0.25) is 4.90 Å². The summed E-state index contributed by atoms with van der Waals surface area (Å²) in [7, 11) is 0. The van der Waals surface area contributed by atoms with Crippen LogP contribution in [0, 0.1) is 0 Å². The first-order chi connectivity index (χ1) is 10.2. The van der Waals surface area contributed by atoms with Crippen LogP contribution >= 0.6 is 0 Å². The molecule has 0 spiro atoms. The van der Waals surface area contributed by atoms with Crippen LogP contribution in [0.1, 0.15) is 44.7 Å². The van der Waals surface area contributed by atoms with Crippen LogP contribution in [0.25, 0.3) is 10.8 Å². The predicted octanol–water partition coefficient (Wildman–Crippen LogP) is 4.10. The first-order valence-electron chi connectivity index (χ1n) is 8.17. The van der Waals surface area contributed by atoms with Gasteiger partial charge in [-0.2, -0.15) is 0 Å². The zero-order chi connectivity index (χ0) is 14.8. The Morgan fingerprint density at radius 2 is 1.90 bits per heavy atom. The van der Waals surface area contributed by atoms with Gasteiger partial charge in [0.05, 0.1) is 0 Å². The normalized spacial score (nSPS) is 25.1. The summed E-state index contributed by atoms with van der Waals surface area (Å²) in [6, 6.07) is 16.9. The molecule has 3 atom stereocenters. The van der Waals surface area contributed by atoms with Gasteiger partial charge in [-0.25, -0.2) is 0 Å². The standard InChI is InChI=1S/C19H26N2/c1-14-7-5-10-17(13-20)21(14)15(2)18-12-6-9-16-8-3-4-11-19(16)18/h3-4,6,8-9,11-12,14-15,17H,5,7,10,13,20H2,1-2H3. The topological polar surface area (TPSA) is 29.3 Å². The van der Waals surface area contributed by atoms with E-state index in [1.165, 1.54) is 35.6 Å². The van der Waals surface area contributed by atoms with Crippen LogP contribution in [0.15, 0.2) is 42.5 Å². The minimum Gasteiger partial charge on any atom is -0.329 e. The Hall–Kier alpha value is -1.38. The maximum Gasteiger partial charge on any atom is 0.0332 e. The second-order valence-corrected chi connectivity index (χ2v) is 6.36. The highest BCUT2D eigenvalue weighted by molar-refractivity contribution is 5.86. The van der Waals surface area contributed by atoms with E-state index >= 15 is 0 Å². The molecule has 0 saturated carbocycles. The van der Waals surface area contributed by atoms with Gasteiger partial charge in [0.15, 0.2) is 0 Å². The van der Waals surface area contributed by atoms with Crippen LogP contribution in [0.2, 0.25) is 0 Å². The van der Waals surface area contributed by atoms with E-state index < -0.39 is 0 Å². The van der Waals surface area contributed by atoms with Gasteiger partial charge in [-0.15, -0.1) is 0 Å². The molecule has 2 aromatic carbocycles. The number of piperidine rings is 1. The summed E-state index contributed by atoms with van der Waals surface area (Å²) in [5.41, 5.74) is 7.47. The summed E-state index contributed by atoms with van der Waals surface area (Å²) >= 11 is 0. The smallest absolute Gasteiger partial charge is 0.0332 e. The number of hydrogen-bond donors (Lipinski definition) is 1. The van der Waals surface area contributed by atoms with E-state index in [0.717, 1.165) is 6.54 Å². The van der Waals surface area contributed by atoms with Gasteiger partial charge in [-0.1, -0.05) is 48.9 Å². The molecule has 3 unspecified atom stereocenters. The minimum absolute atomic E-state index is 0.417. The summed E-state index contributed by atoms with van der Waals surface area (Å²) < 4.78 is 0. The van der Waals surface area contributed by atoms with Crippen molar-refractivity contribution < 1.29 is 0 Å². The summed E-state index contributed by atoms with van der Waals surface area (Å²) in [5, 5.41) is 2.71. The molecule has 2 nitrogen and oxygen atoms in total. The lowest BCUT2D eigenvalue weighted by atomic mass is 9.91. The van der Waals surface area contributed by atoms with Crippen molar-refractivity contribution in [2.75, 3.05) is 6.54 Å². The fraction of sp³-hybridized carbons (Fsp3) is 0.474. The van der Waals surface area contributed by atoms with Crippen molar-refractivity contribution in [3.8, 4) is 0 Å². The van der Waals surface area contributed by atoms with E-state index in [2.05, 4.69) is 61.2 Å². The molecular weight excluding hydrogens is 256 g/mol. The quantitative estimate of drug-likeness (QED) is 0.918. The number of hydrogen-bond acceptors (Lipinski definition) is 2. The molecule has 0 bridgehead atoms. The molecule has 1 aliphatic heterocycles. The van der Waals surface area contributed by atoms with Gasteiger partial charge in [0.2, 0.25) is 0 Å². The molecule has 1 heterocycles. The average molecular weight is 282 g/mol. The largest absolute Gasteiger partial charge is 0.329 e. The van der Waals surface area contributed by atoms with Crippen molar-refractivity contribution in [1.29, 1.82) is 0 Å². The van der Waals surface area contributed by atoms with Crippen LogP contribution in [0.5, 0.6) is 0 Å². The molecule has 1 aliphatic rings. The highest BCUT2D eigenvalue weighted by Crippen LogP contribution is 2.34.